The van der Waals surface area contributed by atoms with Crippen molar-refractivity contribution in [2.45, 2.75) is 38.4 Å². The molecule has 0 spiro atoms. The quantitative estimate of drug-likeness (QED) is 0.376. The highest BCUT2D eigenvalue weighted by Crippen LogP contribution is 2.29. The van der Waals surface area contributed by atoms with E-state index in [2.05, 4.69) is 10.0 Å². The summed E-state index contributed by atoms with van der Waals surface area (Å²) in [5.41, 5.74) is 8.52. The van der Waals surface area contributed by atoms with Crippen LogP contribution in [0.5, 0.6) is 0 Å². The second kappa shape index (κ2) is 4.37. The summed E-state index contributed by atoms with van der Waals surface area (Å²) in [6.45, 7) is 4.93. The fourth-order valence-electron chi connectivity index (χ4n) is 2.05. The summed E-state index contributed by atoms with van der Waals surface area (Å²) in [5.74, 6) is 0.187. The van der Waals surface area contributed by atoms with Gasteiger partial charge in [0.1, 0.15) is 6.10 Å². The van der Waals surface area contributed by atoms with E-state index in [0.717, 1.165) is 0 Å². The van der Waals surface area contributed by atoms with E-state index >= 15 is 0 Å². The van der Waals surface area contributed by atoms with E-state index in [0.29, 0.717) is 13.2 Å². The Labute approximate surface area is 88.1 Å². The molecule has 0 aromatic heterocycles. The molecular formula is C9H15N3O3. The van der Waals surface area contributed by atoms with Crippen LogP contribution in [0.25, 0.3) is 10.4 Å². The maximum atomic E-state index is 8.52. The van der Waals surface area contributed by atoms with Crippen LogP contribution in [0.3, 0.4) is 0 Å². The minimum absolute atomic E-state index is 0.104. The van der Waals surface area contributed by atoms with Crippen LogP contribution in [0.4, 0.5) is 0 Å². The average Bonchev–Trinajstić information content (AvgIpc) is 2.23. The van der Waals surface area contributed by atoms with E-state index in [4.69, 9.17) is 19.7 Å². The van der Waals surface area contributed by atoms with Crippen LogP contribution in [0.2, 0.25) is 0 Å². The molecule has 0 aromatic carbocycles. The van der Waals surface area contributed by atoms with Crippen molar-refractivity contribution in [2.24, 2.45) is 11.0 Å². The lowest BCUT2D eigenvalue weighted by Crippen LogP contribution is -2.55. The Morgan fingerprint density at radius 1 is 1.27 bits per heavy atom. The fraction of sp³-hybridized carbons (Fsp3) is 1.00. The molecule has 2 saturated heterocycles. The summed E-state index contributed by atoms with van der Waals surface area (Å²) in [6, 6.07) is -0.153. The second-order valence-electron chi connectivity index (χ2n) is 4.05. The summed E-state index contributed by atoms with van der Waals surface area (Å²) in [6.07, 6.45) is -0.530. The van der Waals surface area contributed by atoms with E-state index in [1.165, 1.54) is 0 Å². The molecular weight excluding hydrogens is 198 g/mol. The summed E-state index contributed by atoms with van der Waals surface area (Å²) in [5, 5.41) is 3.80. The molecule has 3 unspecified atom stereocenters. The highest BCUT2D eigenvalue weighted by Gasteiger charge is 2.42. The third-order valence-electron chi connectivity index (χ3n) is 2.89. The van der Waals surface area contributed by atoms with Crippen molar-refractivity contribution in [3.8, 4) is 0 Å². The molecule has 0 aromatic rings. The largest absolute Gasteiger partial charge is 0.373 e. The normalized spacial score (nSPS) is 45.3. The molecule has 15 heavy (non-hydrogen) atoms. The first kappa shape index (κ1) is 10.7. The van der Waals surface area contributed by atoms with Crippen LogP contribution in [0, 0.1) is 5.92 Å². The van der Waals surface area contributed by atoms with Gasteiger partial charge in [-0.25, -0.2) is 0 Å². The lowest BCUT2D eigenvalue weighted by molar-refractivity contribution is -0.277. The van der Waals surface area contributed by atoms with Crippen LogP contribution < -0.4 is 0 Å². The topological polar surface area (TPSA) is 76.5 Å². The highest BCUT2D eigenvalue weighted by atomic mass is 16.7. The van der Waals surface area contributed by atoms with Crippen LogP contribution in [-0.4, -0.2) is 37.8 Å². The van der Waals surface area contributed by atoms with Crippen molar-refractivity contribution in [1.82, 2.24) is 0 Å². The lowest BCUT2D eigenvalue weighted by Gasteiger charge is -2.43. The van der Waals surface area contributed by atoms with Gasteiger partial charge in [-0.1, -0.05) is 12.0 Å². The van der Waals surface area contributed by atoms with Gasteiger partial charge < -0.3 is 14.2 Å². The Morgan fingerprint density at radius 2 is 2.07 bits per heavy atom. The Kier molecular flexibility index (Phi) is 3.11. The van der Waals surface area contributed by atoms with Crippen molar-refractivity contribution in [3.05, 3.63) is 10.4 Å². The SMILES string of the molecule is CC1OCC2OCC(C)[C@@H](N=[N+]=[N-])[C@H]2O1. The van der Waals surface area contributed by atoms with Crippen molar-refractivity contribution in [2.75, 3.05) is 13.2 Å². The highest BCUT2D eigenvalue weighted by molar-refractivity contribution is 4.93. The van der Waals surface area contributed by atoms with Crippen molar-refractivity contribution >= 4 is 0 Å². The minimum Gasteiger partial charge on any atom is -0.373 e. The van der Waals surface area contributed by atoms with Gasteiger partial charge >= 0.3 is 0 Å². The minimum atomic E-state index is -0.253. The summed E-state index contributed by atoms with van der Waals surface area (Å²) < 4.78 is 16.5. The van der Waals surface area contributed by atoms with Gasteiger partial charge in [-0.15, -0.1) is 0 Å². The third-order valence-corrected chi connectivity index (χ3v) is 2.89. The molecule has 0 saturated carbocycles. The van der Waals surface area contributed by atoms with Gasteiger partial charge in [-0.3, -0.25) is 0 Å². The standard InChI is InChI=1S/C9H15N3O3/c1-5-3-14-7-4-13-6(2)15-9(7)8(5)11-12-10/h5-9H,3-4H2,1-2H3/t5?,6?,7?,8-,9+/m1/s1. The van der Waals surface area contributed by atoms with Gasteiger partial charge in [0.2, 0.25) is 0 Å². The molecule has 2 fully saturated rings. The van der Waals surface area contributed by atoms with Gasteiger partial charge in [0.25, 0.3) is 0 Å². The molecule has 5 atom stereocenters. The predicted molar refractivity (Wildman–Crippen MR) is 52.1 cm³/mol. The maximum Gasteiger partial charge on any atom is 0.155 e. The number of rotatable bonds is 1. The van der Waals surface area contributed by atoms with Crippen LogP contribution in [0.1, 0.15) is 13.8 Å². The second-order valence-corrected chi connectivity index (χ2v) is 4.05. The zero-order valence-electron chi connectivity index (χ0n) is 8.87. The third kappa shape index (κ3) is 2.08. The van der Waals surface area contributed by atoms with Crippen LogP contribution in [-0.2, 0) is 14.2 Å². The number of hydrogen-bond acceptors (Lipinski definition) is 4. The first-order chi connectivity index (χ1) is 7.22. The van der Waals surface area contributed by atoms with E-state index < -0.39 is 0 Å². The summed E-state index contributed by atoms with van der Waals surface area (Å²) in [4.78, 5) is 2.87. The predicted octanol–water partition coefficient (Wildman–Crippen LogP) is 1.46. The van der Waals surface area contributed by atoms with Gasteiger partial charge in [-0.05, 0) is 18.4 Å². The molecule has 84 valence electrons. The monoisotopic (exact) mass is 213 g/mol. The zero-order valence-corrected chi connectivity index (χ0v) is 8.87. The molecule has 6 heteroatoms. The molecule has 0 bridgehead atoms. The average molecular weight is 213 g/mol. The Bertz CT molecular complexity index is 278. The Balaban J connectivity index is 2.14. The maximum absolute atomic E-state index is 8.52. The van der Waals surface area contributed by atoms with E-state index in [1.807, 2.05) is 13.8 Å². The number of ether oxygens (including phenoxy) is 3. The molecule has 2 aliphatic heterocycles. The van der Waals surface area contributed by atoms with E-state index in [9.17, 15) is 0 Å². The van der Waals surface area contributed by atoms with E-state index in [-0.39, 0.29) is 30.5 Å². The fourth-order valence-corrected chi connectivity index (χ4v) is 2.05. The van der Waals surface area contributed by atoms with Gasteiger partial charge in [0.15, 0.2) is 6.29 Å². The molecule has 0 amide bonds. The molecule has 2 heterocycles. The summed E-state index contributed by atoms with van der Waals surface area (Å²) in [7, 11) is 0. The number of nitrogens with zero attached hydrogens (tertiary/aromatic N) is 3. The van der Waals surface area contributed by atoms with E-state index in [1.54, 1.807) is 0 Å². The summed E-state index contributed by atoms with van der Waals surface area (Å²) >= 11 is 0. The number of hydrogen-bond donors (Lipinski definition) is 0. The van der Waals surface area contributed by atoms with Crippen LogP contribution >= 0.6 is 0 Å². The van der Waals surface area contributed by atoms with Gasteiger partial charge in [0, 0.05) is 4.91 Å². The number of fused-ring (bicyclic) bond motifs is 1. The van der Waals surface area contributed by atoms with Crippen molar-refractivity contribution in [3.63, 3.8) is 0 Å². The molecule has 2 rings (SSSR count). The molecule has 0 radical (unpaired) electrons. The Morgan fingerprint density at radius 3 is 2.80 bits per heavy atom. The first-order valence-electron chi connectivity index (χ1n) is 5.15. The smallest absolute Gasteiger partial charge is 0.155 e. The van der Waals surface area contributed by atoms with Crippen molar-refractivity contribution < 1.29 is 14.2 Å². The Hall–Kier alpha value is -0.810. The molecule has 6 nitrogen and oxygen atoms in total. The van der Waals surface area contributed by atoms with Gasteiger partial charge in [0.05, 0.1) is 25.4 Å². The van der Waals surface area contributed by atoms with Crippen LogP contribution in [0.15, 0.2) is 5.11 Å². The zero-order chi connectivity index (χ0) is 10.8. The first-order valence-corrected chi connectivity index (χ1v) is 5.15. The van der Waals surface area contributed by atoms with Gasteiger partial charge in [-0.2, -0.15) is 0 Å². The molecule has 0 aliphatic carbocycles. The van der Waals surface area contributed by atoms with Crippen molar-refractivity contribution in [1.29, 1.82) is 0 Å². The molecule has 0 N–H and O–H groups in total. The number of azide groups is 1. The molecule has 2 aliphatic rings. The lowest BCUT2D eigenvalue weighted by atomic mass is 9.91.